The van der Waals surface area contributed by atoms with E-state index in [-0.39, 0.29) is 18.5 Å². The van der Waals surface area contributed by atoms with Crippen LogP contribution in [-0.4, -0.2) is 28.6 Å². The Morgan fingerprint density at radius 2 is 2.50 bits per heavy atom. The number of Topliss-reactive ketones (excluding diaryl/α,β-unsaturated/α-hetero) is 1. The highest BCUT2D eigenvalue weighted by Gasteiger charge is 2.33. The highest BCUT2D eigenvalue weighted by atomic mass is 16.5. The van der Waals surface area contributed by atoms with E-state index in [4.69, 9.17) is 9.84 Å². The highest BCUT2D eigenvalue weighted by molar-refractivity contribution is 5.85. The Labute approximate surface area is 81.5 Å². The molecule has 4 heteroatoms. The van der Waals surface area contributed by atoms with Gasteiger partial charge in [-0.3, -0.25) is 9.78 Å². The van der Waals surface area contributed by atoms with Gasteiger partial charge in [0.25, 0.3) is 0 Å². The van der Waals surface area contributed by atoms with E-state index in [1.54, 1.807) is 18.5 Å². The molecular weight excluding hydrogens is 182 g/mol. The molecule has 0 amide bonds. The van der Waals surface area contributed by atoms with Gasteiger partial charge in [-0.15, -0.1) is 0 Å². The van der Waals surface area contributed by atoms with Crippen LogP contribution in [0.15, 0.2) is 24.5 Å². The summed E-state index contributed by atoms with van der Waals surface area (Å²) < 4.78 is 5.37. The summed E-state index contributed by atoms with van der Waals surface area (Å²) in [5.74, 6) is -0.0404. The van der Waals surface area contributed by atoms with Gasteiger partial charge >= 0.3 is 0 Å². The van der Waals surface area contributed by atoms with Crippen molar-refractivity contribution >= 4 is 5.78 Å². The average Bonchev–Trinajstić information content (AvgIpc) is 2.61. The van der Waals surface area contributed by atoms with Crippen LogP contribution in [0.1, 0.15) is 18.1 Å². The van der Waals surface area contributed by atoms with Crippen molar-refractivity contribution in [1.29, 1.82) is 0 Å². The number of carbonyl (C=O) groups is 1. The Morgan fingerprint density at radius 3 is 3.07 bits per heavy atom. The number of rotatable bonds is 2. The summed E-state index contributed by atoms with van der Waals surface area (Å²) >= 11 is 0. The Morgan fingerprint density at radius 1 is 1.64 bits per heavy atom. The van der Waals surface area contributed by atoms with Gasteiger partial charge in [0.15, 0.2) is 5.78 Å². The zero-order valence-electron chi connectivity index (χ0n) is 7.59. The number of hydrogen-bond donors (Lipinski definition) is 1. The fourth-order valence-electron chi connectivity index (χ4n) is 1.54. The van der Waals surface area contributed by atoms with Gasteiger partial charge in [-0.05, 0) is 11.6 Å². The zero-order valence-corrected chi connectivity index (χ0v) is 7.59. The molecule has 0 aliphatic carbocycles. The molecule has 1 aromatic rings. The van der Waals surface area contributed by atoms with Crippen molar-refractivity contribution in [3.8, 4) is 0 Å². The number of aliphatic hydroxyl groups is 1. The lowest BCUT2D eigenvalue weighted by Crippen LogP contribution is -2.19. The molecule has 2 rings (SSSR count). The van der Waals surface area contributed by atoms with E-state index in [9.17, 15) is 4.79 Å². The molecule has 1 aromatic heterocycles. The second kappa shape index (κ2) is 3.86. The van der Waals surface area contributed by atoms with Crippen molar-refractivity contribution < 1.29 is 14.6 Å². The van der Waals surface area contributed by atoms with Gasteiger partial charge in [0.1, 0.15) is 6.10 Å². The highest BCUT2D eigenvalue weighted by Crippen LogP contribution is 2.29. The number of pyridine rings is 1. The Bertz CT molecular complexity index is 325. The van der Waals surface area contributed by atoms with Gasteiger partial charge in [0.2, 0.25) is 0 Å². The molecule has 1 aliphatic heterocycles. The number of carbonyl (C=O) groups excluding carboxylic acids is 1. The van der Waals surface area contributed by atoms with Gasteiger partial charge in [-0.1, -0.05) is 6.07 Å². The Hall–Kier alpha value is -1.26. The molecule has 2 heterocycles. The normalized spacial score (nSPS) is 26.8. The van der Waals surface area contributed by atoms with Crippen molar-refractivity contribution in [2.45, 2.75) is 18.6 Å². The first-order valence-corrected chi connectivity index (χ1v) is 4.50. The standard InChI is InChI=1S/C10H11NO3/c12-6-10-8(13)4-9(14-10)7-2-1-3-11-5-7/h1-3,5,9-10,12H,4,6H2/t9-,10+/m1/s1. The molecule has 1 N–H and O–H groups in total. The predicted molar refractivity (Wildman–Crippen MR) is 48.6 cm³/mol. The molecule has 0 radical (unpaired) electrons. The average molecular weight is 193 g/mol. The van der Waals surface area contributed by atoms with E-state index in [0.717, 1.165) is 5.56 Å². The summed E-state index contributed by atoms with van der Waals surface area (Å²) in [6.45, 7) is -0.240. The maximum absolute atomic E-state index is 11.3. The molecule has 1 fully saturated rings. The molecule has 0 bridgehead atoms. The summed E-state index contributed by atoms with van der Waals surface area (Å²) in [6, 6.07) is 3.67. The summed E-state index contributed by atoms with van der Waals surface area (Å²) in [4.78, 5) is 15.2. The minimum absolute atomic E-state index is 0.0404. The number of aliphatic hydroxyl groups excluding tert-OH is 1. The van der Waals surface area contributed by atoms with E-state index in [1.807, 2.05) is 6.07 Å². The third-order valence-corrected chi connectivity index (χ3v) is 2.30. The van der Waals surface area contributed by atoms with Crippen LogP contribution in [0.3, 0.4) is 0 Å². The molecule has 0 unspecified atom stereocenters. The largest absolute Gasteiger partial charge is 0.393 e. The third kappa shape index (κ3) is 1.66. The number of ether oxygens (including phenoxy) is 1. The smallest absolute Gasteiger partial charge is 0.166 e. The van der Waals surface area contributed by atoms with Crippen LogP contribution >= 0.6 is 0 Å². The van der Waals surface area contributed by atoms with Crippen molar-refractivity contribution in [3.63, 3.8) is 0 Å². The molecule has 0 saturated carbocycles. The lowest BCUT2D eigenvalue weighted by molar-refractivity contribution is -0.124. The molecule has 0 aromatic carbocycles. The first-order chi connectivity index (χ1) is 6.81. The SMILES string of the molecule is O=C1C[C@H](c2cccnc2)O[C@H]1CO. The van der Waals surface area contributed by atoms with Crippen molar-refractivity contribution in [2.24, 2.45) is 0 Å². The summed E-state index contributed by atoms with van der Waals surface area (Å²) in [6.07, 6.45) is 2.78. The molecule has 1 saturated heterocycles. The van der Waals surface area contributed by atoms with Gasteiger partial charge < -0.3 is 9.84 Å². The number of nitrogens with zero attached hydrogens (tertiary/aromatic N) is 1. The molecule has 4 nitrogen and oxygen atoms in total. The van der Waals surface area contributed by atoms with E-state index in [1.165, 1.54) is 0 Å². The van der Waals surface area contributed by atoms with Gasteiger partial charge in [0, 0.05) is 18.8 Å². The second-order valence-corrected chi connectivity index (χ2v) is 3.25. The minimum Gasteiger partial charge on any atom is -0.393 e. The third-order valence-electron chi connectivity index (χ3n) is 2.30. The van der Waals surface area contributed by atoms with Crippen molar-refractivity contribution in [3.05, 3.63) is 30.1 Å². The fraction of sp³-hybridized carbons (Fsp3) is 0.400. The van der Waals surface area contributed by atoms with Crippen LogP contribution in [0.25, 0.3) is 0 Å². The second-order valence-electron chi connectivity index (χ2n) is 3.25. The van der Waals surface area contributed by atoms with Crippen LogP contribution in [-0.2, 0) is 9.53 Å². The monoisotopic (exact) mass is 193 g/mol. The van der Waals surface area contributed by atoms with Crippen LogP contribution in [0, 0.1) is 0 Å². The maximum atomic E-state index is 11.3. The Balaban J connectivity index is 2.13. The first-order valence-electron chi connectivity index (χ1n) is 4.50. The van der Waals surface area contributed by atoms with E-state index < -0.39 is 6.10 Å². The number of hydrogen-bond acceptors (Lipinski definition) is 4. The fourth-order valence-corrected chi connectivity index (χ4v) is 1.54. The Kier molecular flexibility index (Phi) is 2.56. The van der Waals surface area contributed by atoms with E-state index >= 15 is 0 Å². The first kappa shape index (κ1) is 9.30. The summed E-state index contributed by atoms with van der Waals surface area (Å²) in [5.41, 5.74) is 0.886. The number of ketones is 1. The van der Waals surface area contributed by atoms with Gasteiger partial charge in [-0.25, -0.2) is 0 Å². The molecule has 14 heavy (non-hydrogen) atoms. The van der Waals surface area contributed by atoms with Crippen molar-refractivity contribution in [1.82, 2.24) is 4.98 Å². The summed E-state index contributed by atoms with van der Waals surface area (Å²) in [7, 11) is 0. The molecule has 1 aliphatic rings. The van der Waals surface area contributed by atoms with E-state index in [0.29, 0.717) is 6.42 Å². The van der Waals surface area contributed by atoms with Crippen LogP contribution in [0.2, 0.25) is 0 Å². The number of aromatic nitrogens is 1. The van der Waals surface area contributed by atoms with Crippen LogP contribution in [0.4, 0.5) is 0 Å². The topological polar surface area (TPSA) is 59.4 Å². The van der Waals surface area contributed by atoms with Crippen LogP contribution in [0.5, 0.6) is 0 Å². The van der Waals surface area contributed by atoms with E-state index in [2.05, 4.69) is 4.98 Å². The lowest BCUT2D eigenvalue weighted by atomic mass is 10.1. The van der Waals surface area contributed by atoms with Crippen LogP contribution < -0.4 is 0 Å². The predicted octanol–water partition coefficient (Wildman–Crippen LogP) is 0.473. The lowest BCUT2D eigenvalue weighted by Gasteiger charge is -2.09. The molecule has 2 atom stereocenters. The molecular formula is C10H11NO3. The zero-order chi connectivity index (χ0) is 9.97. The molecule has 0 spiro atoms. The van der Waals surface area contributed by atoms with Gasteiger partial charge in [0.05, 0.1) is 12.7 Å². The quantitative estimate of drug-likeness (QED) is 0.741. The maximum Gasteiger partial charge on any atom is 0.166 e. The summed E-state index contributed by atoms with van der Waals surface area (Å²) in [5, 5.41) is 8.84. The molecule has 74 valence electrons. The minimum atomic E-state index is -0.653. The van der Waals surface area contributed by atoms with Crippen molar-refractivity contribution in [2.75, 3.05) is 6.61 Å². The van der Waals surface area contributed by atoms with Gasteiger partial charge in [-0.2, -0.15) is 0 Å².